The second kappa shape index (κ2) is 6.63. The molecule has 1 unspecified atom stereocenters. The van der Waals surface area contributed by atoms with Crippen LogP contribution in [-0.2, 0) is 6.42 Å². The smallest absolute Gasteiger partial charge is 0.122 e. The quantitative estimate of drug-likeness (QED) is 0.866. The summed E-state index contributed by atoms with van der Waals surface area (Å²) in [6.07, 6.45) is 2.62. The number of fused-ring (bicyclic) bond motifs is 1. The number of piperazine rings is 1. The molecule has 2 aliphatic heterocycles. The average Bonchev–Trinajstić information content (AvgIpc) is 2.63. The van der Waals surface area contributed by atoms with Gasteiger partial charge in [-0.2, -0.15) is 0 Å². The lowest BCUT2D eigenvalue weighted by Crippen LogP contribution is -2.49. The van der Waals surface area contributed by atoms with Crippen LogP contribution in [-0.4, -0.2) is 43.7 Å². The maximum atomic E-state index is 6.19. The van der Waals surface area contributed by atoms with E-state index in [1.165, 1.54) is 11.3 Å². The fourth-order valence-corrected chi connectivity index (χ4v) is 3.62. The summed E-state index contributed by atoms with van der Waals surface area (Å²) < 4.78 is 6.19. The van der Waals surface area contributed by atoms with E-state index in [1.54, 1.807) is 0 Å². The summed E-state index contributed by atoms with van der Waals surface area (Å²) in [5, 5.41) is 0. The van der Waals surface area contributed by atoms with E-state index in [4.69, 9.17) is 4.74 Å². The second-order valence-electron chi connectivity index (χ2n) is 6.51. The number of anilines is 1. The molecule has 0 radical (unpaired) electrons. The summed E-state index contributed by atoms with van der Waals surface area (Å²) in [6, 6.07) is 19.2. The third-order valence-corrected chi connectivity index (χ3v) is 4.96. The normalized spacial score (nSPS) is 21.6. The average molecular weight is 308 g/mol. The zero-order valence-electron chi connectivity index (χ0n) is 13.5. The van der Waals surface area contributed by atoms with Crippen molar-refractivity contribution in [3.05, 3.63) is 60.2 Å². The zero-order chi connectivity index (χ0) is 15.5. The summed E-state index contributed by atoms with van der Waals surface area (Å²) in [5.41, 5.74) is 2.70. The molecule has 23 heavy (non-hydrogen) atoms. The molecule has 0 saturated carbocycles. The highest BCUT2D eigenvalue weighted by Crippen LogP contribution is 2.27. The zero-order valence-corrected chi connectivity index (χ0v) is 13.5. The van der Waals surface area contributed by atoms with Crippen LogP contribution >= 0.6 is 0 Å². The number of ether oxygens (including phenoxy) is 1. The first kappa shape index (κ1) is 14.6. The summed E-state index contributed by atoms with van der Waals surface area (Å²) in [6.45, 7) is 5.50. The van der Waals surface area contributed by atoms with Crippen molar-refractivity contribution in [3.8, 4) is 5.75 Å². The van der Waals surface area contributed by atoms with Gasteiger partial charge in [0, 0.05) is 38.4 Å². The molecule has 0 spiro atoms. The number of nitrogens with zero attached hydrogens (tertiary/aromatic N) is 2. The van der Waals surface area contributed by atoms with Crippen molar-refractivity contribution in [2.75, 3.05) is 37.6 Å². The Morgan fingerprint density at radius 1 is 0.870 bits per heavy atom. The van der Waals surface area contributed by atoms with Crippen molar-refractivity contribution in [1.82, 2.24) is 4.90 Å². The van der Waals surface area contributed by atoms with E-state index in [2.05, 4.69) is 64.4 Å². The molecule has 0 N–H and O–H groups in total. The van der Waals surface area contributed by atoms with Gasteiger partial charge in [0.05, 0.1) is 0 Å². The molecule has 120 valence electrons. The molecule has 1 fully saturated rings. The van der Waals surface area contributed by atoms with E-state index in [0.717, 1.165) is 51.3 Å². The minimum absolute atomic E-state index is 0.341. The Bertz CT molecular complexity index is 635. The fraction of sp³-hybridized carbons (Fsp3) is 0.400. The Labute approximate surface area is 138 Å². The molecule has 0 aromatic heterocycles. The number of aryl methyl sites for hydroxylation is 1. The monoisotopic (exact) mass is 308 g/mol. The van der Waals surface area contributed by atoms with E-state index in [-0.39, 0.29) is 0 Å². The van der Waals surface area contributed by atoms with Crippen molar-refractivity contribution in [3.63, 3.8) is 0 Å². The Kier molecular flexibility index (Phi) is 4.20. The number of para-hydroxylation sites is 2. The highest BCUT2D eigenvalue weighted by molar-refractivity contribution is 5.46. The van der Waals surface area contributed by atoms with Gasteiger partial charge in [-0.05, 0) is 36.6 Å². The van der Waals surface area contributed by atoms with Gasteiger partial charge < -0.3 is 9.64 Å². The maximum absolute atomic E-state index is 6.19. The van der Waals surface area contributed by atoms with Gasteiger partial charge in [0.2, 0.25) is 0 Å². The summed E-state index contributed by atoms with van der Waals surface area (Å²) >= 11 is 0. The van der Waals surface area contributed by atoms with Crippen LogP contribution in [0.15, 0.2) is 54.6 Å². The van der Waals surface area contributed by atoms with Crippen LogP contribution in [0.25, 0.3) is 0 Å². The summed E-state index contributed by atoms with van der Waals surface area (Å²) in [4.78, 5) is 5.03. The molecule has 1 saturated heterocycles. The van der Waals surface area contributed by atoms with Crippen molar-refractivity contribution in [1.29, 1.82) is 0 Å². The molecule has 0 aliphatic carbocycles. The Morgan fingerprint density at radius 3 is 2.43 bits per heavy atom. The van der Waals surface area contributed by atoms with E-state index in [0.29, 0.717) is 6.10 Å². The van der Waals surface area contributed by atoms with Crippen LogP contribution < -0.4 is 9.64 Å². The predicted octanol–water partition coefficient (Wildman–Crippen LogP) is 3.20. The molecule has 2 aromatic carbocycles. The number of rotatable bonds is 3. The van der Waals surface area contributed by atoms with Crippen LogP contribution in [0.5, 0.6) is 5.75 Å². The van der Waals surface area contributed by atoms with Gasteiger partial charge in [-0.15, -0.1) is 0 Å². The minimum atomic E-state index is 0.341. The second-order valence-corrected chi connectivity index (χ2v) is 6.51. The van der Waals surface area contributed by atoms with Crippen molar-refractivity contribution in [2.24, 2.45) is 0 Å². The van der Waals surface area contributed by atoms with Gasteiger partial charge in [0.1, 0.15) is 11.9 Å². The molecule has 2 aromatic rings. The molecular formula is C20H24N2O. The molecule has 0 amide bonds. The summed E-state index contributed by atoms with van der Waals surface area (Å²) in [7, 11) is 0. The Hall–Kier alpha value is -2.00. The van der Waals surface area contributed by atoms with Gasteiger partial charge >= 0.3 is 0 Å². The van der Waals surface area contributed by atoms with Gasteiger partial charge in [0.15, 0.2) is 0 Å². The largest absolute Gasteiger partial charge is 0.489 e. The lowest BCUT2D eigenvalue weighted by molar-refractivity contribution is 0.111. The Balaban J connectivity index is 1.30. The number of hydrogen-bond acceptors (Lipinski definition) is 3. The van der Waals surface area contributed by atoms with Gasteiger partial charge in [-0.3, -0.25) is 4.90 Å². The lowest BCUT2D eigenvalue weighted by Gasteiger charge is -2.38. The molecule has 3 nitrogen and oxygen atoms in total. The molecule has 3 heteroatoms. The van der Waals surface area contributed by atoms with Crippen molar-refractivity contribution in [2.45, 2.75) is 18.9 Å². The molecular weight excluding hydrogens is 284 g/mol. The summed E-state index contributed by atoms with van der Waals surface area (Å²) in [5.74, 6) is 1.09. The van der Waals surface area contributed by atoms with E-state index < -0.39 is 0 Å². The molecule has 1 atom stereocenters. The van der Waals surface area contributed by atoms with Crippen LogP contribution in [0, 0.1) is 0 Å². The maximum Gasteiger partial charge on any atom is 0.122 e. The van der Waals surface area contributed by atoms with Crippen molar-refractivity contribution < 1.29 is 4.74 Å². The highest BCUT2D eigenvalue weighted by Gasteiger charge is 2.24. The molecule has 2 aliphatic rings. The Morgan fingerprint density at radius 2 is 1.61 bits per heavy atom. The third-order valence-electron chi connectivity index (χ3n) is 4.96. The fourth-order valence-electron chi connectivity index (χ4n) is 3.62. The SMILES string of the molecule is c1ccc(N2CCN(CC3CCc4ccccc4O3)CC2)cc1. The van der Waals surface area contributed by atoms with Crippen LogP contribution in [0.4, 0.5) is 5.69 Å². The molecule has 2 heterocycles. The highest BCUT2D eigenvalue weighted by atomic mass is 16.5. The van der Waals surface area contributed by atoms with Crippen LogP contribution in [0.3, 0.4) is 0 Å². The standard InChI is InChI=1S/C20H24N2O/c1-2-7-18(8-3-1)22-14-12-21(13-15-22)16-19-11-10-17-6-4-5-9-20(17)23-19/h1-9,19H,10-16H2. The lowest BCUT2D eigenvalue weighted by atomic mass is 10.0. The number of hydrogen-bond donors (Lipinski definition) is 0. The van der Waals surface area contributed by atoms with Crippen LogP contribution in [0.1, 0.15) is 12.0 Å². The third kappa shape index (κ3) is 3.35. The first-order valence-corrected chi connectivity index (χ1v) is 8.65. The first-order valence-electron chi connectivity index (χ1n) is 8.65. The minimum Gasteiger partial charge on any atom is -0.489 e. The van der Waals surface area contributed by atoms with Gasteiger partial charge in [-0.1, -0.05) is 36.4 Å². The van der Waals surface area contributed by atoms with Gasteiger partial charge in [0.25, 0.3) is 0 Å². The van der Waals surface area contributed by atoms with Gasteiger partial charge in [-0.25, -0.2) is 0 Å². The van der Waals surface area contributed by atoms with E-state index >= 15 is 0 Å². The topological polar surface area (TPSA) is 15.7 Å². The van der Waals surface area contributed by atoms with Crippen LogP contribution in [0.2, 0.25) is 0 Å². The molecule has 4 rings (SSSR count). The van der Waals surface area contributed by atoms with E-state index in [1.807, 2.05) is 0 Å². The van der Waals surface area contributed by atoms with Crippen molar-refractivity contribution >= 4 is 5.69 Å². The number of benzene rings is 2. The van der Waals surface area contributed by atoms with E-state index in [9.17, 15) is 0 Å². The molecule has 0 bridgehead atoms. The first-order chi connectivity index (χ1) is 11.4. The predicted molar refractivity (Wildman–Crippen MR) is 94.3 cm³/mol.